The first kappa shape index (κ1) is 17.4. The molecule has 0 bridgehead atoms. The van der Waals surface area contributed by atoms with Gasteiger partial charge in [-0.2, -0.15) is 0 Å². The zero-order chi connectivity index (χ0) is 17.8. The maximum Gasteiger partial charge on any atom is 0.324 e. The first-order chi connectivity index (χ1) is 12.0. The highest BCUT2D eigenvalue weighted by molar-refractivity contribution is 5.98. The summed E-state index contributed by atoms with van der Waals surface area (Å²) in [6.45, 7) is 0.145. The van der Waals surface area contributed by atoms with Crippen LogP contribution in [-0.2, 0) is 9.59 Å². The van der Waals surface area contributed by atoms with E-state index >= 15 is 0 Å². The minimum Gasteiger partial charge on any atom is -0.347 e. The van der Waals surface area contributed by atoms with Crippen molar-refractivity contribution in [1.29, 1.82) is 0 Å². The first-order valence-corrected chi connectivity index (χ1v) is 8.66. The molecule has 1 aromatic rings. The van der Waals surface area contributed by atoms with Crippen LogP contribution in [-0.4, -0.2) is 35.8 Å². The van der Waals surface area contributed by atoms with Crippen molar-refractivity contribution in [1.82, 2.24) is 15.5 Å². The van der Waals surface area contributed by atoms with E-state index in [0.29, 0.717) is 5.92 Å². The maximum atomic E-state index is 13.2. The third-order valence-corrected chi connectivity index (χ3v) is 4.89. The summed E-state index contributed by atoms with van der Waals surface area (Å²) in [7, 11) is 0. The van der Waals surface area contributed by atoms with Crippen LogP contribution < -0.4 is 10.6 Å². The van der Waals surface area contributed by atoms with Crippen LogP contribution in [0.4, 0.5) is 9.18 Å². The number of nitrogens with one attached hydrogen (secondary N) is 2. The second kappa shape index (κ2) is 7.63. The molecule has 1 heterocycles. The predicted octanol–water partition coefficient (Wildman–Crippen LogP) is 2.12. The highest BCUT2D eigenvalue weighted by Gasteiger charge is 2.30. The number of rotatable bonds is 5. The zero-order valence-corrected chi connectivity index (χ0v) is 14.0. The van der Waals surface area contributed by atoms with Crippen LogP contribution in [0.3, 0.4) is 0 Å². The number of nitrogens with zero attached hydrogens (tertiary/aromatic N) is 1. The minimum atomic E-state index is -0.536. The van der Waals surface area contributed by atoms with Gasteiger partial charge >= 0.3 is 6.03 Å². The fourth-order valence-corrected chi connectivity index (χ4v) is 3.58. The number of hydrogen-bond donors (Lipinski definition) is 2. The van der Waals surface area contributed by atoms with Gasteiger partial charge in [0.2, 0.25) is 11.8 Å². The molecule has 25 heavy (non-hydrogen) atoms. The molecule has 2 aliphatic rings. The van der Waals surface area contributed by atoms with Gasteiger partial charge in [0.15, 0.2) is 0 Å². The van der Waals surface area contributed by atoms with Gasteiger partial charge in [0.25, 0.3) is 0 Å². The Balaban J connectivity index is 1.67. The molecule has 0 spiro atoms. The number of halogens is 1. The Kier molecular flexibility index (Phi) is 5.31. The van der Waals surface area contributed by atoms with Crippen molar-refractivity contribution < 1.29 is 18.8 Å². The number of urea groups is 1. The lowest BCUT2D eigenvalue weighted by molar-refractivity contribution is -0.125. The van der Waals surface area contributed by atoms with Crippen LogP contribution in [0, 0.1) is 11.7 Å². The largest absolute Gasteiger partial charge is 0.347 e. The molecule has 0 aromatic heterocycles. The molecule has 6 nitrogen and oxygen atoms in total. The van der Waals surface area contributed by atoms with E-state index in [4.69, 9.17) is 0 Å². The Hall–Kier alpha value is -2.44. The van der Waals surface area contributed by atoms with Gasteiger partial charge in [-0.3, -0.25) is 14.9 Å². The summed E-state index contributed by atoms with van der Waals surface area (Å²) in [5, 5.41) is 5.21. The average molecular weight is 347 g/mol. The Labute approximate surface area is 145 Å². The minimum absolute atomic E-state index is 0.0937. The number of benzene rings is 1. The third-order valence-electron chi connectivity index (χ3n) is 4.89. The lowest BCUT2D eigenvalue weighted by Gasteiger charge is -2.29. The summed E-state index contributed by atoms with van der Waals surface area (Å²) in [5.74, 6) is -0.594. The molecule has 134 valence electrons. The molecule has 1 saturated heterocycles. The van der Waals surface area contributed by atoms with Crippen molar-refractivity contribution >= 4 is 17.8 Å². The van der Waals surface area contributed by atoms with Gasteiger partial charge in [0, 0.05) is 13.0 Å². The van der Waals surface area contributed by atoms with Crippen LogP contribution in [0.5, 0.6) is 0 Å². The number of carbonyl (C=O) groups excluding carboxylic acids is 3. The van der Waals surface area contributed by atoms with E-state index in [1.165, 1.54) is 17.0 Å². The van der Waals surface area contributed by atoms with Crippen LogP contribution in [0.2, 0.25) is 0 Å². The summed E-state index contributed by atoms with van der Waals surface area (Å²) in [5.41, 5.74) is 0.875. The quantitative estimate of drug-likeness (QED) is 0.856. The molecule has 0 unspecified atom stereocenters. The van der Waals surface area contributed by atoms with E-state index in [1.54, 1.807) is 12.1 Å². The Morgan fingerprint density at radius 2 is 1.92 bits per heavy atom. The molecule has 4 amide bonds. The number of imide groups is 1. The average Bonchev–Trinajstić information content (AvgIpc) is 3.10. The molecule has 2 fully saturated rings. The number of hydrogen-bond acceptors (Lipinski definition) is 3. The van der Waals surface area contributed by atoms with Crippen LogP contribution >= 0.6 is 0 Å². The summed E-state index contributed by atoms with van der Waals surface area (Å²) in [4.78, 5) is 36.7. The molecule has 2 N–H and O–H groups in total. The van der Waals surface area contributed by atoms with Gasteiger partial charge in [-0.25, -0.2) is 9.18 Å². The van der Waals surface area contributed by atoms with Crippen molar-refractivity contribution in [2.75, 3.05) is 13.1 Å². The van der Waals surface area contributed by atoms with Crippen LogP contribution in [0.15, 0.2) is 24.3 Å². The van der Waals surface area contributed by atoms with Crippen LogP contribution in [0.25, 0.3) is 0 Å². The predicted molar refractivity (Wildman–Crippen MR) is 89.0 cm³/mol. The van der Waals surface area contributed by atoms with Crippen molar-refractivity contribution in [3.8, 4) is 0 Å². The van der Waals surface area contributed by atoms with Crippen LogP contribution in [0.1, 0.15) is 43.7 Å². The second-order valence-corrected chi connectivity index (χ2v) is 6.67. The molecule has 3 rings (SSSR count). The molecule has 1 atom stereocenters. The lowest BCUT2D eigenvalue weighted by Crippen LogP contribution is -2.52. The monoisotopic (exact) mass is 347 g/mol. The summed E-state index contributed by atoms with van der Waals surface area (Å²) < 4.78 is 13.2. The number of carbonyl (C=O) groups is 3. The van der Waals surface area contributed by atoms with Crippen molar-refractivity contribution in [3.05, 3.63) is 35.6 Å². The second-order valence-electron chi connectivity index (χ2n) is 6.67. The maximum absolute atomic E-state index is 13.2. The highest BCUT2D eigenvalue weighted by atomic mass is 19.1. The van der Waals surface area contributed by atoms with E-state index < -0.39 is 6.03 Å². The normalized spacial score (nSPS) is 19.6. The SMILES string of the molecule is O=C1CCN(CC(=O)N[C@H](c2ccc(F)cc2)C2CCCC2)C(=O)N1. The standard InChI is InChI=1S/C18H22FN3O3/c19-14-7-5-13(6-8-14)17(12-3-1-2-4-12)20-16(24)11-22-10-9-15(23)21-18(22)25/h5-8,12,17H,1-4,9-11H2,(H,20,24)(H,21,23,25)/t17-/m0/s1. The van der Waals surface area contributed by atoms with Gasteiger partial charge in [-0.05, 0) is 36.5 Å². The summed E-state index contributed by atoms with van der Waals surface area (Å²) >= 11 is 0. The van der Waals surface area contributed by atoms with Gasteiger partial charge in [0.1, 0.15) is 12.4 Å². The fourth-order valence-electron chi connectivity index (χ4n) is 3.58. The van der Waals surface area contributed by atoms with E-state index in [2.05, 4.69) is 10.6 Å². The van der Waals surface area contributed by atoms with E-state index in [9.17, 15) is 18.8 Å². The Bertz CT molecular complexity index is 656. The smallest absolute Gasteiger partial charge is 0.324 e. The van der Waals surface area contributed by atoms with Gasteiger partial charge in [-0.15, -0.1) is 0 Å². The Morgan fingerprint density at radius 1 is 1.24 bits per heavy atom. The van der Waals surface area contributed by atoms with Crippen molar-refractivity contribution in [2.24, 2.45) is 5.92 Å². The molecule has 1 aliphatic heterocycles. The summed E-state index contributed by atoms with van der Waals surface area (Å²) in [6.07, 6.45) is 4.47. The van der Waals surface area contributed by atoms with Crippen molar-refractivity contribution in [3.63, 3.8) is 0 Å². The molecule has 1 saturated carbocycles. The van der Waals surface area contributed by atoms with Gasteiger partial charge in [-0.1, -0.05) is 25.0 Å². The molecule has 7 heteroatoms. The zero-order valence-electron chi connectivity index (χ0n) is 14.0. The molecule has 1 aliphatic carbocycles. The lowest BCUT2D eigenvalue weighted by atomic mass is 9.91. The van der Waals surface area contributed by atoms with Gasteiger partial charge < -0.3 is 10.2 Å². The Morgan fingerprint density at radius 3 is 2.56 bits per heavy atom. The topological polar surface area (TPSA) is 78.5 Å². The highest BCUT2D eigenvalue weighted by Crippen LogP contribution is 2.35. The van der Waals surface area contributed by atoms with E-state index in [1.807, 2.05) is 0 Å². The molecular formula is C18H22FN3O3. The van der Waals surface area contributed by atoms with E-state index in [-0.39, 0.29) is 43.2 Å². The molecular weight excluding hydrogens is 325 g/mol. The number of amides is 4. The molecule has 1 aromatic carbocycles. The summed E-state index contributed by atoms with van der Waals surface area (Å²) in [6, 6.07) is 5.46. The van der Waals surface area contributed by atoms with E-state index in [0.717, 1.165) is 31.2 Å². The first-order valence-electron chi connectivity index (χ1n) is 8.66. The third kappa shape index (κ3) is 4.35. The molecule has 0 radical (unpaired) electrons. The van der Waals surface area contributed by atoms with Gasteiger partial charge in [0.05, 0.1) is 6.04 Å². The fraction of sp³-hybridized carbons (Fsp3) is 0.500. The van der Waals surface area contributed by atoms with Crippen molar-refractivity contribution in [2.45, 2.75) is 38.1 Å².